The lowest BCUT2D eigenvalue weighted by Gasteiger charge is -2.33. The lowest BCUT2D eigenvalue weighted by Crippen LogP contribution is -2.53. The average Bonchev–Trinajstić information content (AvgIpc) is 2.93. The highest BCUT2D eigenvalue weighted by Crippen LogP contribution is 2.23. The van der Waals surface area contributed by atoms with Gasteiger partial charge in [0.2, 0.25) is 11.8 Å². The molecule has 200 valence electrons. The van der Waals surface area contributed by atoms with Crippen molar-refractivity contribution in [2.75, 3.05) is 5.75 Å². The Morgan fingerprint density at radius 3 is 2.32 bits per heavy atom. The van der Waals surface area contributed by atoms with Crippen LogP contribution in [0.5, 0.6) is 0 Å². The normalized spacial score (nSPS) is 14.6. The first-order valence-corrected chi connectivity index (χ1v) is 15.0. The van der Waals surface area contributed by atoms with Crippen LogP contribution in [0.1, 0.15) is 54.4 Å². The fourth-order valence-corrected chi connectivity index (χ4v) is 6.00. The van der Waals surface area contributed by atoms with Gasteiger partial charge in [-0.2, -0.15) is 0 Å². The number of hydrogen-bond acceptors (Lipinski definition) is 3. The third-order valence-corrected chi connectivity index (χ3v) is 8.49. The van der Waals surface area contributed by atoms with Gasteiger partial charge in [0.1, 0.15) is 6.04 Å². The van der Waals surface area contributed by atoms with E-state index in [0.29, 0.717) is 23.7 Å². The van der Waals surface area contributed by atoms with E-state index in [0.717, 1.165) is 42.6 Å². The van der Waals surface area contributed by atoms with Gasteiger partial charge in [-0.25, -0.2) is 0 Å². The quantitative estimate of drug-likeness (QED) is 0.281. The molecule has 0 saturated heterocycles. The Labute approximate surface area is 236 Å². The Kier molecular flexibility index (Phi) is 10.7. The van der Waals surface area contributed by atoms with Gasteiger partial charge in [0, 0.05) is 29.8 Å². The molecule has 3 aromatic rings. The first-order chi connectivity index (χ1) is 18.5. The Morgan fingerprint density at radius 1 is 0.921 bits per heavy atom. The third kappa shape index (κ3) is 8.37. The Balaban J connectivity index is 1.56. The summed E-state index contributed by atoms with van der Waals surface area (Å²) in [5.41, 5.74) is 4.27. The van der Waals surface area contributed by atoms with Gasteiger partial charge in [-0.05, 0) is 42.5 Å². The third-order valence-electron chi connectivity index (χ3n) is 7.14. The maximum Gasteiger partial charge on any atom is 0.243 e. The summed E-state index contributed by atoms with van der Waals surface area (Å²) in [6.07, 6.45) is 5.93. The summed E-state index contributed by atoms with van der Waals surface area (Å²) in [4.78, 5) is 29.4. The van der Waals surface area contributed by atoms with Gasteiger partial charge < -0.3 is 10.2 Å². The van der Waals surface area contributed by atoms with E-state index in [-0.39, 0.29) is 17.9 Å². The molecule has 3 aromatic carbocycles. The fraction of sp³-hybridized carbons (Fsp3) is 0.375. The minimum Gasteiger partial charge on any atom is -0.352 e. The van der Waals surface area contributed by atoms with Crippen LogP contribution in [-0.4, -0.2) is 34.6 Å². The number of amides is 2. The lowest BCUT2D eigenvalue weighted by atomic mass is 9.94. The van der Waals surface area contributed by atoms with E-state index in [4.69, 9.17) is 11.6 Å². The summed E-state index contributed by atoms with van der Waals surface area (Å²) in [5, 5.41) is 3.89. The van der Waals surface area contributed by atoms with E-state index in [1.54, 1.807) is 16.7 Å². The average molecular weight is 549 g/mol. The molecule has 1 fully saturated rings. The number of thioether (sulfide) groups is 1. The van der Waals surface area contributed by atoms with Gasteiger partial charge in [0.25, 0.3) is 0 Å². The molecule has 1 aliphatic carbocycles. The molecule has 38 heavy (non-hydrogen) atoms. The van der Waals surface area contributed by atoms with Crippen molar-refractivity contribution < 1.29 is 9.59 Å². The van der Waals surface area contributed by atoms with Crippen molar-refractivity contribution in [2.24, 2.45) is 0 Å². The summed E-state index contributed by atoms with van der Waals surface area (Å²) < 4.78 is 0. The molecule has 2 amide bonds. The van der Waals surface area contributed by atoms with Gasteiger partial charge in [0.15, 0.2) is 0 Å². The van der Waals surface area contributed by atoms with Crippen molar-refractivity contribution in [1.82, 2.24) is 10.2 Å². The minimum absolute atomic E-state index is 0.0539. The summed E-state index contributed by atoms with van der Waals surface area (Å²) >= 11 is 8.11. The van der Waals surface area contributed by atoms with E-state index in [2.05, 4.69) is 36.5 Å². The van der Waals surface area contributed by atoms with Crippen molar-refractivity contribution in [3.05, 3.63) is 106 Å². The molecule has 4 nitrogen and oxygen atoms in total. The maximum absolute atomic E-state index is 13.8. The second kappa shape index (κ2) is 14.4. The zero-order valence-electron chi connectivity index (χ0n) is 22.1. The molecular weight excluding hydrogens is 512 g/mol. The first-order valence-electron chi connectivity index (χ1n) is 13.5. The highest BCUT2D eigenvalue weighted by molar-refractivity contribution is 7.99. The van der Waals surface area contributed by atoms with Crippen molar-refractivity contribution in [3.63, 3.8) is 0 Å². The first kappa shape index (κ1) is 28.3. The van der Waals surface area contributed by atoms with Gasteiger partial charge in [-0.15, -0.1) is 11.8 Å². The van der Waals surface area contributed by atoms with Gasteiger partial charge in [-0.1, -0.05) is 109 Å². The minimum atomic E-state index is -0.622. The summed E-state index contributed by atoms with van der Waals surface area (Å²) in [5.74, 6) is 0.899. The highest BCUT2D eigenvalue weighted by Gasteiger charge is 2.32. The van der Waals surface area contributed by atoms with E-state index in [1.165, 1.54) is 17.5 Å². The van der Waals surface area contributed by atoms with Crippen molar-refractivity contribution >= 4 is 35.2 Å². The number of carbonyl (C=O) groups excluding carboxylic acids is 2. The molecule has 0 bridgehead atoms. The van der Waals surface area contributed by atoms with Crippen LogP contribution in [0, 0.1) is 6.92 Å². The molecule has 1 atom stereocenters. The Morgan fingerprint density at radius 2 is 1.61 bits per heavy atom. The molecule has 0 unspecified atom stereocenters. The standard InChI is InChI=1S/C32H37ClN2O2S/c1-24-16-18-26(19-17-24)22-38-23-31(36)35(21-27-12-8-9-15-29(27)33)30(20-25-10-4-2-5-11-25)32(37)34-28-13-6-3-7-14-28/h2,4-5,8-12,15-19,28,30H,3,6-7,13-14,20-23H2,1H3,(H,34,37)/t30-/m1/s1. The zero-order valence-corrected chi connectivity index (χ0v) is 23.6. The highest BCUT2D eigenvalue weighted by atomic mass is 35.5. The maximum atomic E-state index is 13.8. The number of aryl methyl sites for hydroxylation is 1. The van der Waals surface area contributed by atoms with Crippen molar-refractivity contribution in [1.29, 1.82) is 0 Å². The van der Waals surface area contributed by atoms with Crippen molar-refractivity contribution in [2.45, 2.75) is 69.8 Å². The molecule has 1 N–H and O–H groups in total. The topological polar surface area (TPSA) is 49.4 Å². The van der Waals surface area contributed by atoms with Crippen LogP contribution >= 0.6 is 23.4 Å². The molecule has 0 radical (unpaired) electrons. The molecular formula is C32H37ClN2O2S. The fourth-order valence-electron chi connectivity index (χ4n) is 4.93. The molecule has 4 rings (SSSR count). The van der Waals surface area contributed by atoms with Gasteiger partial charge in [0.05, 0.1) is 5.75 Å². The number of hydrogen-bond donors (Lipinski definition) is 1. The SMILES string of the molecule is Cc1ccc(CSCC(=O)N(Cc2ccccc2Cl)[C@H](Cc2ccccc2)C(=O)NC2CCCCC2)cc1. The van der Waals surface area contributed by atoms with Crippen LogP contribution in [0.4, 0.5) is 0 Å². The van der Waals surface area contributed by atoms with Gasteiger partial charge >= 0.3 is 0 Å². The van der Waals surface area contributed by atoms with Crippen LogP contribution in [0.15, 0.2) is 78.9 Å². The van der Waals surface area contributed by atoms with Crippen LogP contribution in [0.3, 0.4) is 0 Å². The van der Waals surface area contributed by atoms with E-state index >= 15 is 0 Å². The smallest absolute Gasteiger partial charge is 0.243 e. The predicted octanol–water partition coefficient (Wildman–Crippen LogP) is 6.97. The van der Waals surface area contributed by atoms with Crippen molar-refractivity contribution in [3.8, 4) is 0 Å². The van der Waals surface area contributed by atoms with Crippen LogP contribution < -0.4 is 5.32 Å². The van der Waals surface area contributed by atoms with E-state index in [1.807, 2.05) is 54.6 Å². The second-order valence-electron chi connectivity index (χ2n) is 10.1. The van der Waals surface area contributed by atoms with Crippen LogP contribution in [0.2, 0.25) is 5.02 Å². The summed E-state index contributed by atoms with van der Waals surface area (Å²) in [7, 11) is 0. The monoisotopic (exact) mass is 548 g/mol. The molecule has 0 heterocycles. The summed E-state index contributed by atoms with van der Waals surface area (Å²) in [6.45, 7) is 2.36. The Hall–Kier alpha value is -2.76. The number of halogens is 1. The zero-order chi connectivity index (χ0) is 26.7. The predicted molar refractivity (Wildman–Crippen MR) is 158 cm³/mol. The summed E-state index contributed by atoms with van der Waals surface area (Å²) in [6, 6.07) is 25.5. The molecule has 6 heteroatoms. The largest absolute Gasteiger partial charge is 0.352 e. The second-order valence-corrected chi connectivity index (χ2v) is 11.5. The molecule has 1 saturated carbocycles. The Bertz CT molecular complexity index is 1180. The number of benzene rings is 3. The van der Waals surface area contributed by atoms with Crippen LogP contribution in [-0.2, 0) is 28.3 Å². The van der Waals surface area contributed by atoms with E-state index in [9.17, 15) is 9.59 Å². The molecule has 0 aliphatic heterocycles. The van der Waals surface area contributed by atoms with Gasteiger partial charge in [-0.3, -0.25) is 9.59 Å². The lowest BCUT2D eigenvalue weighted by molar-refractivity contribution is -0.139. The van der Waals surface area contributed by atoms with Crippen LogP contribution in [0.25, 0.3) is 0 Å². The van der Waals surface area contributed by atoms with E-state index < -0.39 is 6.04 Å². The number of rotatable bonds is 11. The molecule has 0 spiro atoms. The molecule has 1 aliphatic rings. The molecule has 0 aromatic heterocycles. The number of carbonyl (C=O) groups is 2. The number of nitrogens with zero attached hydrogens (tertiary/aromatic N) is 1. The number of nitrogens with one attached hydrogen (secondary N) is 1.